The summed E-state index contributed by atoms with van der Waals surface area (Å²) in [6.07, 6.45) is 1.69. The summed E-state index contributed by atoms with van der Waals surface area (Å²) in [6, 6.07) is 0. The summed E-state index contributed by atoms with van der Waals surface area (Å²) in [5.41, 5.74) is 1.46. The third-order valence-corrected chi connectivity index (χ3v) is 4.71. The van der Waals surface area contributed by atoms with E-state index in [9.17, 15) is 14.4 Å². The van der Waals surface area contributed by atoms with E-state index in [-0.39, 0.29) is 13.0 Å². The van der Waals surface area contributed by atoms with Crippen LogP contribution in [0.2, 0.25) is 0 Å². The molecule has 0 spiro atoms. The van der Waals surface area contributed by atoms with Gasteiger partial charge in [-0.15, -0.1) is 6.58 Å². The Morgan fingerprint density at radius 1 is 1.23 bits per heavy atom. The van der Waals surface area contributed by atoms with Crippen molar-refractivity contribution in [2.75, 3.05) is 7.11 Å². The first kappa shape index (κ1) is 17.7. The van der Waals surface area contributed by atoms with E-state index in [2.05, 4.69) is 16.3 Å². The molecule has 0 amide bonds. The van der Waals surface area contributed by atoms with Crippen LogP contribution in [-0.4, -0.2) is 36.2 Å². The highest BCUT2D eigenvalue weighted by Crippen LogP contribution is 2.20. The molecule has 0 aromatic carbocycles. The van der Waals surface area contributed by atoms with Gasteiger partial charge < -0.3 is 9.30 Å². The van der Waals surface area contributed by atoms with E-state index in [0.29, 0.717) is 23.5 Å². The number of methoxy groups -OCH3 is 1. The lowest BCUT2D eigenvalue weighted by atomic mass is 10.3. The molecule has 0 saturated heterocycles. The maximum Gasteiger partial charge on any atom is 0.332 e. The fourth-order valence-corrected chi connectivity index (χ4v) is 3.17. The molecule has 0 unspecified atom stereocenters. The van der Waals surface area contributed by atoms with Crippen molar-refractivity contribution < 1.29 is 9.53 Å². The predicted octanol–water partition coefficient (Wildman–Crippen LogP) is 0.515. The van der Waals surface area contributed by atoms with Gasteiger partial charge in [-0.3, -0.25) is 23.1 Å². The summed E-state index contributed by atoms with van der Waals surface area (Å²) < 4.78 is 10.7. The van der Waals surface area contributed by atoms with E-state index < -0.39 is 17.2 Å². The number of esters is 1. The highest BCUT2D eigenvalue weighted by atomic mass is 16.5. The van der Waals surface area contributed by atoms with E-state index in [4.69, 9.17) is 0 Å². The van der Waals surface area contributed by atoms with Gasteiger partial charge in [-0.25, -0.2) is 4.79 Å². The van der Waals surface area contributed by atoms with Gasteiger partial charge >= 0.3 is 11.7 Å². The molecular weight excluding hydrogens is 338 g/mol. The molecule has 0 aliphatic heterocycles. The Morgan fingerprint density at radius 2 is 1.92 bits per heavy atom. The number of fused-ring (bicyclic) bond motifs is 3. The summed E-state index contributed by atoms with van der Waals surface area (Å²) in [6.45, 7) is 8.08. The van der Waals surface area contributed by atoms with Crippen LogP contribution in [0.5, 0.6) is 0 Å². The number of nitrogens with zero attached hydrogens (tertiary/aromatic N) is 5. The van der Waals surface area contributed by atoms with E-state index in [1.165, 1.54) is 11.7 Å². The Balaban J connectivity index is 2.37. The number of imidazole rings is 2. The van der Waals surface area contributed by atoms with Crippen molar-refractivity contribution in [3.8, 4) is 0 Å². The average Bonchev–Trinajstić information content (AvgIpc) is 3.12. The summed E-state index contributed by atoms with van der Waals surface area (Å²) in [7, 11) is 2.83. The molecule has 9 nitrogen and oxygen atoms in total. The molecule has 0 saturated carbocycles. The number of ether oxygens (including phenoxy) is 1. The minimum Gasteiger partial charge on any atom is -0.469 e. The molecule has 0 bridgehead atoms. The lowest BCUT2D eigenvalue weighted by Gasteiger charge is -2.08. The second-order valence-corrected chi connectivity index (χ2v) is 6.11. The molecule has 9 heteroatoms. The highest BCUT2D eigenvalue weighted by molar-refractivity contribution is 5.76. The van der Waals surface area contributed by atoms with Crippen LogP contribution in [0.25, 0.3) is 16.9 Å². The van der Waals surface area contributed by atoms with Crippen molar-refractivity contribution in [3.05, 3.63) is 44.9 Å². The van der Waals surface area contributed by atoms with Crippen LogP contribution >= 0.6 is 0 Å². The first-order chi connectivity index (χ1) is 12.3. The van der Waals surface area contributed by atoms with Crippen molar-refractivity contribution in [2.24, 2.45) is 7.05 Å². The van der Waals surface area contributed by atoms with Gasteiger partial charge in [0.15, 0.2) is 11.2 Å². The van der Waals surface area contributed by atoms with Crippen molar-refractivity contribution in [1.82, 2.24) is 23.1 Å². The molecule has 3 aromatic rings. The zero-order valence-electron chi connectivity index (χ0n) is 15.3. The van der Waals surface area contributed by atoms with Gasteiger partial charge in [0.1, 0.15) is 0 Å². The van der Waals surface area contributed by atoms with E-state index in [0.717, 1.165) is 16.0 Å². The van der Waals surface area contributed by atoms with Crippen molar-refractivity contribution >= 4 is 22.9 Å². The van der Waals surface area contributed by atoms with E-state index >= 15 is 0 Å². The minimum atomic E-state index is -0.517. The van der Waals surface area contributed by atoms with Gasteiger partial charge in [0, 0.05) is 31.5 Å². The molecule has 26 heavy (non-hydrogen) atoms. The molecule has 3 heterocycles. The van der Waals surface area contributed by atoms with Gasteiger partial charge in [0.25, 0.3) is 5.56 Å². The highest BCUT2D eigenvalue weighted by Gasteiger charge is 2.22. The smallest absolute Gasteiger partial charge is 0.332 e. The Morgan fingerprint density at radius 3 is 2.54 bits per heavy atom. The van der Waals surface area contributed by atoms with Gasteiger partial charge in [-0.2, -0.15) is 4.98 Å². The van der Waals surface area contributed by atoms with E-state index in [1.54, 1.807) is 17.5 Å². The maximum absolute atomic E-state index is 13.0. The number of carbonyl (C=O) groups excluding carboxylic acids is 1. The van der Waals surface area contributed by atoms with Crippen molar-refractivity contribution in [3.63, 3.8) is 0 Å². The van der Waals surface area contributed by atoms with E-state index in [1.807, 2.05) is 18.4 Å². The molecule has 0 aliphatic carbocycles. The Kier molecular flexibility index (Phi) is 4.31. The number of allylic oxidation sites excluding steroid dienone is 1. The number of aromatic nitrogens is 5. The van der Waals surface area contributed by atoms with Crippen molar-refractivity contribution in [1.29, 1.82) is 0 Å². The summed E-state index contributed by atoms with van der Waals surface area (Å²) >= 11 is 0. The Hall–Kier alpha value is -3.10. The normalized spacial score (nSPS) is 11.4. The summed E-state index contributed by atoms with van der Waals surface area (Å²) in [5.74, 6) is 0.0920. The molecule has 3 aromatic heterocycles. The van der Waals surface area contributed by atoms with Crippen molar-refractivity contribution in [2.45, 2.75) is 33.4 Å². The molecular formula is C17H21N5O4. The second-order valence-electron chi connectivity index (χ2n) is 6.11. The number of carbonyl (C=O) groups is 1. The molecule has 138 valence electrons. The number of aryl methyl sites for hydroxylation is 2. The molecule has 0 aliphatic rings. The molecule has 3 rings (SSSR count). The molecule has 0 radical (unpaired) electrons. The fraction of sp³-hybridized carbons (Fsp3) is 0.412. The molecule has 0 atom stereocenters. The summed E-state index contributed by atoms with van der Waals surface area (Å²) in [4.78, 5) is 41.5. The van der Waals surface area contributed by atoms with Crippen LogP contribution in [-0.2, 0) is 29.7 Å². The van der Waals surface area contributed by atoms with Gasteiger partial charge in [0.05, 0.1) is 13.5 Å². The number of hydrogen-bond donors (Lipinski definition) is 0. The first-order valence-electron chi connectivity index (χ1n) is 8.18. The standard InChI is InChI=1S/C17H21N5O4/c1-6-8-20-10(2)11(3)22-13-14(18-16(20)22)19(4)17(25)21(15(13)24)9-7-12(23)26-5/h6H,1,7-9H2,2-5H3. The molecule has 0 fully saturated rings. The predicted molar refractivity (Wildman–Crippen MR) is 96.5 cm³/mol. The maximum atomic E-state index is 13.0. The third kappa shape index (κ3) is 2.39. The van der Waals surface area contributed by atoms with Gasteiger partial charge in [-0.05, 0) is 13.8 Å². The van der Waals surface area contributed by atoms with Gasteiger partial charge in [0.2, 0.25) is 5.78 Å². The van der Waals surface area contributed by atoms with Crippen LogP contribution in [0.15, 0.2) is 22.2 Å². The number of hydrogen-bond acceptors (Lipinski definition) is 5. The van der Waals surface area contributed by atoms with Crippen LogP contribution in [0.3, 0.4) is 0 Å². The first-order valence-corrected chi connectivity index (χ1v) is 8.18. The third-order valence-electron chi connectivity index (χ3n) is 4.71. The SMILES string of the molecule is C=CCn1c(C)c(C)n2c3c(=O)n(CCC(=O)OC)c(=O)n(C)c3nc12. The van der Waals surface area contributed by atoms with Gasteiger partial charge in [-0.1, -0.05) is 6.08 Å². The molecule has 0 N–H and O–H groups in total. The topological polar surface area (TPSA) is 92.5 Å². The second kappa shape index (κ2) is 6.32. The van der Waals surface area contributed by atoms with Crippen LogP contribution in [0.1, 0.15) is 17.8 Å². The Labute approximate surface area is 148 Å². The minimum absolute atomic E-state index is 0.0489. The fourth-order valence-electron chi connectivity index (χ4n) is 3.17. The quantitative estimate of drug-likeness (QED) is 0.489. The number of rotatable bonds is 5. The zero-order chi connectivity index (χ0) is 19.2. The van der Waals surface area contributed by atoms with Crippen LogP contribution in [0.4, 0.5) is 0 Å². The zero-order valence-corrected chi connectivity index (χ0v) is 15.3. The summed E-state index contributed by atoms with van der Waals surface area (Å²) in [5, 5.41) is 0. The lowest BCUT2D eigenvalue weighted by Crippen LogP contribution is -2.40. The average molecular weight is 359 g/mol. The Bertz CT molecular complexity index is 1160. The monoisotopic (exact) mass is 359 g/mol. The lowest BCUT2D eigenvalue weighted by molar-refractivity contribution is -0.140. The largest absolute Gasteiger partial charge is 0.469 e. The van der Waals surface area contributed by atoms with Crippen LogP contribution < -0.4 is 11.2 Å². The van der Waals surface area contributed by atoms with Crippen LogP contribution in [0, 0.1) is 13.8 Å².